The van der Waals surface area contributed by atoms with Gasteiger partial charge in [-0.1, -0.05) is 11.6 Å². The van der Waals surface area contributed by atoms with Crippen LogP contribution in [0.4, 0.5) is 17.1 Å². The number of carbonyl (C=O) groups is 2. The average molecular weight is 480 g/mol. The molecule has 2 aromatic rings. The molecule has 2 aromatic carbocycles. The molecule has 1 heterocycles. The summed E-state index contributed by atoms with van der Waals surface area (Å²) in [5, 5.41) is 3.10. The molecule has 1 fully saturated rings. The van der Waals surface area contributed by atoms with E-state index in [4.69, 9.17) is 16.3 Å². The summed E-state index contributed by atoms with van der Waals surface area (Å²) in [5.74, 6) is 0.329. The third-order valence-corrected chi connectivity index (χ3v) is 6.61. The molecule has 0 atom stereocenters. The zero-order chi connectivity index (χ0) is 23.3. The lowest BCUT2D eigenvalue weighted by atomic mass is 10.2. The molecule has 1 N–H and O–H groups in total. The second-order valence-corrected chi connectivity index (χ2v) is 9.82. The maximum absolute atomic E-state index is 12.3. The summed E-state index contributed by atoms with van der Waals surface area (Å²) in [6.45, 7) is 0.839. The monoisotopic (exact) mass is 479 g/mol. The topological polar surface area (TPSA) is 96.0 Å². The number of amides is 2. The van der Waals surface area contributed by atoms with Gasteiger partial charge in [-0.25, -0.2) is 8.42 Å². The fraction of sp³-hybridized carbons (Fsp3) is 0.364. The number of nitrogens with zero attached hydrogens (tertiary/aromatic N) is 2. The highest BCUT2D eigenvalue weighted by Gasteiger charge is 2.22. The van der Waals surface area contributed by atoms with Crippen molar-refractivity contribution in [2.75, 3.05) is 41.0 Å². The van der Waals surface area contributed by atoms with Crippen LogP contribution in [0.2, 0.25) is 5.02 Å². The Morgan fingerprint density at radius 2 is 1.94 bits per heavy atom. The summed E-state index contributed by atoms with van der Waals surface area (Å²) in [7, 11) is -2.08. The highest BCUT2D eigenvalue weighted by atomic mass is 35.5. The number of hydrogen-bond donors (Lipinski definition) is 1. The molecule has 0 radical (unpaired) electrons. The molecule has 1 saturated heterocycles. The Kier molecular flexibility index (Phi) is 7.63. The van der Waals surface area contributed by atoms with Gasteiger partial charge in [0.25, 0.3) is 0 Å². The van der Waals surface area contributed by atoms with Crippen LogP contribution in [0.3, 0.4) is 0 Å². The molecule has 0 spiro atoms. The molecule has 0 unspecified atom stereocenters. The molecule has 0 aromatic heterocycles. The second kappa shape index (κ2) is 10.2. The van der Waals surface area contributed by atoms with Crippen LogP contribution < -0.4 is 19.3 Å². The fourth-order valence-corrected chi connectivity index (χ4v) is 4.76. The molecule has 0 aliphatic carbocycles. The van der Waals surface area contributed by atoms with E-state index in [0.29, 0.717) is 41.5 Å². The Hall–Kier alpha value is -2.78. The zero-order valence-corrected chi connectivity index (χ0v) is 19.6. The molecular weight excluding hydrogens is 454 g/mol. The van der Waals surface area contributed by atoms with Gasteiger partial charge in [-0.05, 0) is 55.3 Å². The van der Waals surface area contributed by atoms with Gasteiger partial charge in [0, 0.05) is 37.3 Å². The van der Waals surface area contributed by atoms with Gasteiger partial charge < -0.3 is 15.0 Å². The first-order valence-electron chi connectivity index (χ1n) is 10.2. The normalized spacial score (nSPS) is 13.8. The van der Waals surface area contributed by atoms with Crippen molar-refractivity contribution in [3.05, 3.63) is 47.5 Å². The summed E-state index contributed by atoms with van der Waals surface area (Å²) in [6.07, 6.45) is 2.99. The van der Waals surface area contributed by atoms with Gasteiger partial charge in [-0.2, -0.15) is 0 Å². The molecule has 1 aliphatic heterocycles. The second-order valence-electron chi connectivity index (χ2n) is 7.50. The largest absolute Gasteiger partial charge is 0.495 e. The molecule has 8 nitrogen and oxygen atoms in total. The quantitative estimate of drug-likeness (QED) is 0.592. The highest BCUT2D eigenvalue weighted by molar-refractivity contribution is 7.92. The maximum atomic E-state index is 12.3. The number of rotatable bonds is 9. The van der Waals surface area contributed by atoms with Crippen molar-refractivity contribution in [3.8, 4) is 5.75 Å². The first-order chi connectivity index (χ1) is 15.2. The average Bonchev–Trinajstić information content (AvgIpc) is 3.16. The SMILES string of the molecule is COc1ccc(N(CCCC(=O)Nc2ccc(N3CCCC3=O)cc2)S(C)(=O)=O)cc1Cl. The number of ether oxygens (including phenoxy) is 1. The van der Waals surface area contributed by atoms with Crippen LogP contribution in [0, 0.1) is 0 Å². The van der Waals surface area contributed by atoms with Crippen molar-refractivity contribution in [1.82, 2.24) is 0 Å². The van der Waals surface area contributed by atoms with Crippen LogP contribution >= 0.6 is 11.6 Å². The van der Waals surface area contributed by atoms with Gasteiger partial charge in [0.05, 0.1) is 24.1 Å². The first-order valence-corrected chi connectivity index (χ1v) is 12.4. The Bertz CT molecular complexity index is 1090. The Morgan fingerprint density at radius 1 is 1.22 bits per heavy atom. The third-order valence-electron chi connectivity index (χ3n) is 5.12. The van der Waals surface area contributed by atoms with E-state index in [9.17, 15) is 18.0 Å². The lowest BCUT2D eigenvalue weighted by Gasteiger charge is -2.23. The molecule has 172 valence electrons. The number of carbonyl (C=O) groups excluding carboxylic acids is 2. The summed E-state index contributed by atoms with van der Waals surface area (Å²) in [5.41, 5.74) is 1.84. The number of halogens is 1. The molecular formula is C22H26ClN3O5S. The summed E-state index contributed by atoms with van der Waals surface area (Å²) in [6, 6.07) is 11.8. The van der Waals surface area contributed by atoms with Crippen molar-refractivity contribution in [2.24, 2.45) is 0 Å². The van der Waals surface area contributed by atoms with Crippen molar-refractivity contribution < 1.29 is 22.7 Å². The minimum Gasteiger partial charge on any atom is -0.495 e. The fourth-order valence-electron chi connectivity index (χ4n) is 3.55. The summed E-state index contributed by atoms with van der Waals surface area (Å²) < 4.78 is 30.8. The van der Waals surface area contributed by atoms with E-state index in [2.05, 4.69) is 5.32 Å². The van der Waals surface area contributed by atoms with E-state index in [1.807, 2.05) is 0 Å². The highest BCUT2D eigenvalue weighted by Crippen LogP contribution is 2.30. The predicted octanol–water partition coefficient (Wildman–Crippen LogP) is 3.66. The lowest BCUT2D eigenvalue weighted by Crippen LogP contribution is -2.31. The van der Waals surface area contributed by atoms with E-state index >= 15 is 0 Å². The van der Waals surface area contributed by atoms with Gasteiger partial charge in [0.15, 0.2) is 0 Å². The Morgan fingerprint density at radius 3 is 2.50 bits per heavy atom. The van der Waals surface area contributed by atoms with Crippen LogP contribution in [0.25, 0.3) is 0 Å². The molecule has 0 saturated carbocycles. The van der Waals surface area contributed by atoms with Crippen molar-refractivity contribution in [1.29, 1.82) is 0 Å². The van der Waals surface area contributed by atoms with E-state index in [1.54, 1.807) is 41.3 Å². The minimum atomic E-state index is -3.56. The number of sulfonamides is 1. The van der Waals surface area contributed by atoms with Gasteiger partial charge in [-0.15, -0.1) is 0 Å². The van der Waals surface area contributed by atoms with Gasteiger partial charge in [-0.3, -0.25) is 13.9 Å². The Labute approximate surface area is 193 Å². The standard InChI is InChI=1S/C22H26ClN3O5S/c1-31-20-12-11-18(15-19(20)23)26(32(2,29)30)14-3-5-21(27)24-16-7-9-17(10-8-16)25-13-4-6-22(25)28/h7-12,15H,3-6,13-14H2,1-2H3,(H,24,27). The molecule has 3 rings (SSSR count). The number of hydrogen-bond acceptors (Lipinski definition) is 5. The van der Waals surface area contributed by atoms with E-state index in [-0.39, 0.29) is 24.8 Å². The van der Waals surface area contributed by atoms with Crippen LogP contribution in [-0.4, -0.2) is 46.7 Å². The van der Waals surface area contributed by atoms with Crippen LogP contribution in [0.1, 0.15) is 25.7 Å². The molecule has 10 heteroatoms. The van der Waals surface area contributed by atoms with E-state index in [0.717, 1.165) is 18.4 Å². The smallest absolute Gasteiger partial charge is 0.232 e. The van der Waals surface area contributed by atoms with Crippen molar-refractivity contribution >= 4 is 50.5 Å². The number of nitrogens with one attached hydrogen (secondary N) is 1. The van der Waals surface area contributed by atoms with Crippen molar-refractivity contribution in [2.45, 2.75) is 25.7 Å². The van der Waals surface area contributed by atoms with Crippen molar-refractivity contribution in [3.63, 3.8) is 0 Å². The van der Waals surface area contributed by atoms with E-state index in [1.165, 1.54) is 17.5 Å². The van der Waals surface area contributed by atoms with E-state index < -0.39 is 10.0 Å². The summed E-state index contributed by atoms with van der Waals surface area (Å²) >= 11 is 6.13. The zero-order valence-electron chi connectivity index (χ0n) is 18.0. The predicted molar refractivity (Wildman–Crippen MR) is 126 cm³/mol. The molecule has 0 bridgehead atoms. The molecule has 2 amide bonds. The molecule has 1 aliphatic rings. The number of anilines is 3. The van der Waals surface area contributed by atoms with Crippen LogP contribution in [0.15, 0.2) is 42.5 Å². The van der Waals surface area contributed by atoms with Gasteiger partial charge in [0.2, 0.25) is 21.8 Å². The minimum absolute atomic E-state index is 0.107. The third kappa shape index (κ3) is 5.92. The Balaban J connectivity index is 1.56. The van der Waals surface area contributed by atoms with Gasteiger partial charge >= 0.3 is 0 Å². The molecule has 32 heavy (non-hydrogen) atoms. The number of methoxy groups -OCH3 is 1. The summed E-state index contributed by atoms with van der Waals surface area (Å²) in [4.78, 5) is 25.9. The maximum Gasteiger partial charge on any atom is 0.232 e. The number of benzene rings is 2. The van der Waals surface area contributed by atoms with Gasteiger partial charge in [0.1, 0.15) is 5.75 Å². The lowest BCUT2D eigenvalue weighted by molar-refractivity contribution is -0.117. The van der Waals surface area contributed by atoms with Crippen LogP contribution in [0.5, 0.6) is 5.75 Å². The van der Waals surface area contributed by atoms with Crippen LogP contribution in [-0.2, 0) is 19.6 Å². The first kappa shape index (κ1) is 23.9.